The molecule has 2 aromatic rings. The van der Waals surface area contributed by atoms with Crippen LogP contribution in [0.2, 0.25) is 0 Å². The van der Waals surface area contributed by atoms with Crippen LogP contribution in [-0.2, 0) is 19.1 Å². The summed E-state index contributed by atoms with van der Waals surface area (Å²) >= 11 is 2.92. The molecule has 164 valence electrons. The number of cyclic esters (lactones) is 1. The number of aromatic nitrogens is 2. The van der Waals surface area contributed by atoms with E-state index in [1.54, 1.807) is 22.4 Å². The van der Waals surface area contributed by atoms with Gasteiger partial charge in [0, 0.05) is 25.3 Å². The number of piperidine rings is 1. The zero-order chi connectivity index (χ0) is 21.8. The number of likely N-dealkylation sites (tertiary alicyclic amines) is 1. The molecule has 0 aromatic carbocycles. The van der Waals surface area contributed by atoms with Gasteiger partial charge in [0.2, 0.25) is 5.91 Å². The number of carbonyl (C=O) groups is 3. The quantitative estimate of drug-likeness (QED) is 0.366. The predicted octanol–water partition coefficient (Wildman–Crippen LogP) is 2.28. The lowest BCUT2D eigenvalue weighted by molar-refractivity contribution is -0.146. The molecule has 1 atom stereocenters. The van der Waals surface area contributed by atoms with Gasteiger partial charge in [-0.2, -0.15) is 0 Å². The summed E-state index contributed by atoms with van der Waals surface area (Å²) in [5.74, 6) is -0.234. The van der Waals surface area contributed by atoms with Crippen LogP contribution in [0.1, 0.15) is 12.8 Å². The number of thioether (sulfide) groups is 1. The molecule has 4 rings (SSSR count). The van der Waals surface area contributed by atoms with Crippen molar-refractivity contribution < 1.29 is 23.9 Å². The van der Waals surface area contributed by atoms with E-state index in [9.17, 15) is 14.4 Å². The Hall–Kier alpha value is -2.66. The van der Waals surface area contributed by atoms with Crippen molar-refractivity contribution in [2.24, 2.45) is 0 Å². The van der Waals surface area contributed by atoms with Gasteiger partial charge in [-0.05, 0) is 30.4 Å². The molecule has 2 aliphatic rings. The fraction of sp³-hybridized carbons (Fsp3) is 0.450. The summed E-state index contributed by atoms with van der Waals surface area (Å²) in [4.78, 5) is 49.8. The van der Waals surface area contributed by atoms with Crippen LogP contribution in [0.5, 0.6) is 0 Å². The second kappa shape index (κ2) is 9.65. The summed E-state index contributed by atoms with van der Waals surface area (Å²) in [6.07, 6.45) is 2.37. The van der Waals surface area contributed by atoms with Gasteiger partial charge in [-0.15, -0.1) is 11.3 Å². The molecule has 2 amide bonds. The average molecular weight is 463 g/mol. The molecule has 2 aromatic heterocycles. The van der Waals surface area contributed by atoms with E-state index in [2.05, 4.69) is 9.97 Å². The van der Waals surface area contributed by atoms with Crippen molar-refractivity contribution in [2.45, 2.75) is 30.1 Å². The Morgan fingerprint density at radius 2 is 2.13 bits per heavy atom. The molecule has 11 heteroatoms. The lowest BCUT2D eigenvalue weighted by Gasteiger charge is -2.37. The van der Waals surface area contributed by atoms with E-state index in [0.717, 1.165) is 10.6 Å². The van der Waals surface area contributed by atoms with Crippen molar-refractivity contribution in [3.8, 4) is 10.6 Å². The first kappa shape index (κ1) is 21.6. The molecule has 2 saturated heterocycles. The van der Waals surface area contributed by atoms with Crippen molar-refractivity contribution in [3.63, 3.8) is 0 Å². The van der Waals surface area contributed by atoms with Gasteiger partial charge in [-0.1, -0.05) is 17.8 Å². The predicted molar refractivity (Wildman–Crippen MR) is 115 cm³/mol. The Labute approximate surface area is 187 Å². The molecule has 0 bridgehead atoms. The van der Waals surface area contributed by atoms with E-state index < -0.39 is 18.1 Å². The maximum Gasteiger partial charge on any atom is 0.410 e. The van der Waals surface area contributed by atoms with Crippen LogP contribution in [0, 0.1) is 0 Å². The van der Waals surface area contributed by atoms with Gasteiger partial charge >= 0.3 is 12.1 Å². The van der Waals surface area contributed by atoms with Gasteiger partial charge in [0.15, 0.2) is 11.2 Å². The van der Waals surface area contributed by atoms with E-state index in [1.165, 1.54) is 23.8 Å². The monoisotopic (exact) mass is 462 g/mol. The molecular weight excluding hydrogens is 440 g/mol. The summed E-state index contributed by atoms with van der Waals surface area (Å²) in [6.45, 7) is 1.03. The van der Waals surface area contributed by atoms with Gasteiger partial charge in [-0.3, -0.25) is 9.69 Å². The van der Waals surface area contributed by atoms with Gasteiger partial charge in [0.1, 0.15) is 6.61 Å². The highest BCUT2D eigenvalue weighted by Gasteiger charge is 2.44. The zero-order valence-electron chi connectivity index (χ0n) is 16.9. The SMILES string of the molecule is COC(=O)C1COC(=O)N1C1CCN(C(=O)CSc2nccc(-c3cccs3)n2)CC1. The maximum absolute atomic E-state index is 12.7. The Morgan fingerprint density at radius 1 is 1.32 bits per heavy atom. The minimum atomic E-state index is -0.715. The fourth-order valence-electron chi connectivity index (χ4n) is 3.74. The number of methoxy groups -OCH3 is 1. The molecule has 9 nitrogen and oxygen atoms in total. The van der Waals surface area contributed by atoms with Crippen LogP contribution in [0.4, 0.5) is 4.79 Å². The second-order valence-electron chi connectivity index (χ2n) is 7.13. The first-order valence-electron chi connectivity index (χ1n) is 9.87. The van der Waals surface area contributed by atoms with Gasteiger partial charge in [0.25, 0.3) is 0 Å². The van der Waals surface area contributed by atoms with E-state index >= 15 is 0 Å². The van der Waals surface area contributed by atoms with Crippen LogP contribution < -0.4 is 0 Å². The van der Waals surface area contributed by atoms with Crippen LogP contribution in [0.15, 0.2) is 34.9 Å². The van der Waals surface area contributed by atoms with E-state index in [-0.39, 0.29) is 24.3 Å². The third-order valence-corrected chi connectivity index (χ3v) is 7.07. The summed E-state index contributed by atoms with van der Waals surface area (Å²) in [6, 6.07) is 4.96. The second-order valence-corrected chi connectivity index (χ2v) is 9.02. The molecule has 2 aliphatic heterocycles. The molecule has 0 saturated carbocycles. The molecule has 0 radical (unpaired) electrons. The number of amides is 2. The van der Waals surface area contributed by atoms with Gasteiger partial charge in [-0.25, -0.2) is 19.6 Å². The highest BCUT2D eigenvalue weighted by atomic mass is 32.2. The number of hydrogen-bond donors (Lipinski definition) is 0. The van der Waals surface area contributed by atoms with Crippen molar-refractivity contribution in [3.05, 3.63) is 29.8 Å². The Morgan fingerprint density at radius 3 is 2.84 bits per heavy atom. The molecule has 31 heavy (non-hydrogen) atoms. The van der Waals surface area contributed by atoms with Crippen LogP contribution in [0.25, 0.3) is 10.6 Å². The first-order valence-corrected chi connectivity index (χ1v) is 11.7. The third kappa shape index (κ3) is 4.82. The smallest absolute Gasteiger partial charge is 0.410 e. The van der Waals surface area contributed by atoms with Crippen LogP contribution >= 0.6 is 23.1 Å². The molecule has 1 unspecified atom stereocenters. The van der Waals surface area contributed by atoms with Crippen molar-refractivity contribution in [1.29, 1.82) is 0 Å². The van der Waals surface area contributed by atoms with E-state index in [1.807, 2.05) is 23.6 Å². The average Bonchev–Trinajstić information content (AvgIpc) is 3.47. The van der Waals surface area contributed by atoms with Crippen LogP contribution in [0.3, 0.4) is 0 Å². The molecular formula is C20H22N4O5S2. The highest BCUT2D eigenvalue weighted by Crippen LogP contribution is 2.26. The first-order chi connectivity index (χ1) is 15.1. The minimum Gasteiger partial charge on any atom is -0.467 e. The number of nitrogens with zero attached hydrogens (tertiary/aromatic N) is 4. The molecule has 4 heterocycles. The minimum absolute atomic E-state index is 0.00194. The molecule has 0 N–H and O–H groups in total. The number of rotatable bonds is 6. The number of ether oxygens (including phenoxy) is 2. The number of esters is 1. The van der Waals surface area contributed by atoms with Crippen molar-refractivity contribution in [1.82, 2.24) is 19.8 Å². The third-order valence-electron chi connectivity index (χ3n) is 5.33. The van der Waals surface area contributed by atoms with E-state index in [0.29, 0.717) is 31.1 Å². The summed E-state index contributed by atoms with van der Waals surface area (Å²) < 4.78 is 9.82. The number of thiophene rings is 1. The highest BCUT2D eigenvalue weighted by molar-refractivity contribution is 7.99. The number of carbonyl (C=O) groups excluding carboxylic acids is 3. The molecule has 2 fully saturated rings. The standard InChI is InChI=1S/C20H22N4O5S2/c1-28-18(26)15-11-29-20(27)24(15)13-5-8-23(9-6-13)17(25)12-31-19-21-7-4-14(22-19)16-3-2-10-30-16/h2-4,7,10,13,15H,5-6,8-9,11-12H2,1H3. The normalized spacial score (nSPS) is 19.4. The van der Waals surface area contributed by atoms with Crippen LogP contribution in [-0.4, -0.2) is 82.4 Å². The fourth-order valence-corrected chi connectivity index (χ4v) is 5.17. The summed E-state index contributed by atoms with van der Waals surface area (Å²) in [5.41, 5.74) is 0.846. The summed E-state index contributed by atoms with van der Waals surface area (Å²) in [5, 5.41) is 2.56. The largest absolute Gasteiger partial charge is 0.467 e. The van der Waals surface area contributed by atoms with Gasteiger partial charge < -0.3 is 14.4 Å². The number of hydrogen-bond acceptors (Lipinski definition) is 9. The maximum atomic E-state index is 12.7. The molecule has 0 aliphatic carbocycles. The Kier molecular flexibility index (Phi) is 6.71. The Balaban J connectivity index is 1.29. The zero-order valence-corrected chi connectivity index (χ0v) is 18.6. The Bertz CT molecular complexity index is 947. The molecule has 0 spiro atoms. The van der Waals surface area contributed by atoms with Crippen molar-refractivity contribution >= 4 is 41.1 Å². The lowest BCUT2D eigenvalue weighted by Crippen LogP contribution is -2.52. The summed E-state index contributed by atoms with van der Waals surface area (Å²) in [7, 11) is 1.29. The van der Waals surface area contributed by atoms with E-state index in [4.69, 9.17) is 9.47 Å². The van der Waals surface area contributed by atoms with Gasteiger partial charge in [0.05, 0.1) is 23.4 Å². The van der Waals surface area contributed by atoms with Crippen molar-refractivity contribution in [2.75, 3.05) is 32.6 Å². The lowest BCUT2D eigenvalue weighted by atomic mass is 10.0. The topological polar surface area (TPSA) is 102 Å².